The van der Waals surface area contributed by atoms with Crippen molar-refractivity contribution >= 4 is 16.9 Å². The highest BCUT2D eigenvalue weighted by Gasteiger charge is 2.22. The molecule has 0 bridgehead atoms. The van der Waals surface area contributed by atoms with Gasteiger partial charge in [-0.25, -0.2) is 9.97 Å². The van der Waals surface area contributed by atoms with Gasteiger partial charge in [0.05, 0.1) is 24.9 Å². The number of rotatable bonds is 6. The van der Waals surface area contributed by atoms with Crippen molar-refractivity contribution < 1.29 is 18.9 Å². The second-order valence-corrected chi connectivity index (χ2v) is 8.37. The number of fused-ring (bicyclic) bond motifs is 2. The normalized spacial score (nSPS) is 16.2. The van der Waals surface area contributed by atoms with Crippen LogP contribution in [0.25, 0.3) is 10.9 Å². The number of anilines is 1. The summed E-state index contributed by atoms with van der Waals surface area (Å²) in [5, 5.41) is 1.04. The van der Waals surface area contributed by atoms with E-state index in [1.807, 2.05) is 38.1 Å². The fourth-order valence-electron chi connectivity index (χ4n) is 4.51. The minimum Gasteiger partial charge on any atom is -0.494 e. The molecule has 8 heteroatoms. The highest BCUT2D eigenvalue weighted by molar-refractivity contribution is 5.83. The SMILES string of the molecule is CCOc1ccc2nc(N3CCCN(Cc4cc(OC)c5c(c4)OCO5)CC3)nc(C)c2c1. The molecular formula is C25H30N4O4. The van der Waals surface area contributed by atoms with E-state index in [9.17, 15) is 0 Å². The quantitative estimate of drug-likeness (QED) is 0.562. The Morgan fingerprint density at radius 3 is 2.79 bits per heavy atom. The summed E-state index contributed by atoms with van der Waals surface area (Å²) < 4.78 is 22.2. The molecule has 3 aromatic rings. The molecule has 2 aromatic carbocycles. The predicted octanol–water partition coefficient (Wildman–Crippen LogP) is 3.79. The third-order valence-electron chi connectivity index (χ3n) is 6.15. The molecule has 2 aliphatic heterocycles. The molecule has 33 heavy (non-hydrogen) atoms. The Kier molecular flexibility index (Phi) is 6.09. The fraction of sp³-hybridized carbons (Fsp3) is 0.440. The molecule has 0 N–H and O–H groups in total. The summed E-state index contributed by atoms with van der Waals surface area (Å²) in [6.07, 6.45) is 1.05. The number of methoxy groups -OCH3 is 1. The maximum atomic E-state index is 5.64. The Hall–Kier alpha value is -3.26. The molecule has 5 rings (SSSR count). The number of hydrogen-bond donors (Lipinski definition) is 0. The predicted molar refractivity (Wildman–Crippen MR) is 127 cm³/mol. The fourth-order valence-corrected chi connectivity index (χ4v) is 4.51. The van der Waals surface area contributed by atoms with Crippen LogP contribution in [-0.4, -0.2) is 61.6 Å². The van der Waals surface area contributed by atoms with Gasteiger partial charge in [0.2, 0.25) is 18.5 Å². The Balaban J connectivity index is 1.30. The number of ether oxygens (including phenoxy) is 4. The standard InChI is InChI=1S/C25H30N4O4/c1-4-31-19-6-7-21-20(14-19)17(2)26-25(27-21)29-9-5-8-28(10-11-29)15-18-12-22(30-3)24-23(13-18)32-16-33-24/h6-7,12-14H,4-5,8-11,15-16H2,1-3H3. The number of benzene rings is 2. The van der Waals surface area contributed by atoms with E-state index in [1.54, 1.807) is 7.11 Å². The van der Waals surface area contributed by atoms with Gasteiger partial charge in [0.1, 0.15) is 5.75 Å². The van der Waals surface area contributed by atoms with Crippen molar-refractivity contribution in [3.8, 4) is 23.0 Å². The van der Waals surface area contributed by atoms with Gasteiger partial charge in [-0.2, -0.15) is 0 Å². The summed E-state index contributed by atoms with van der Waals surface area (Å²) in [6.45, 7) is 9.50. The van der Waals surface area contributed by atoms with E-state index in [0.717, 1.165) is 84.5 Å². The molecule has 0 radical (unpaired) electrons. The van der Waals surface area contributed by atoms with Crippen molar-refractivity contribution in [3.63, 3.8) is 0 Å². The first-order valence-electron chi connectivity index (χ1n) is 11.5. The Labute approximate surface area is 194 Å². The Morgan fingerprint density at radius 1 is 1.03 bits per heavy atom. The summed E-state index contributed by atoms with van der Waals surface area (Å²) in [7, 11) is 1.66. The number of hydrogen-bond acceptors (Lipinski definition) is 8. The van der Waals surface area contributed by atoms with Crippen LogP contribution in [0.4, 0.5) is 5.95 Å². The van der Waals surface area contributed by atoms with Gasteiger partial charge in [-0.3, -0.25) is 4.90 Å². The lowest BCUT2D eigenvalue weighted by atomic mass is 10.1. The average molecular weight is 451 g/mol. The Morgan fingerprint density at radius 2 is 1.94 bits per heavy atom. The highest BCUT2D eigenvalue weighted by atomic mass is 16.7. The van der Waals surface area contributed by atoms with Crippen molar-refractivity contribution in [3.05, 3.63) is 41.6 Å². The molecule has 3 heterocycles. The lowest BCUT2D eigenvalue weighted by molar-refractivity contribution is 0.171. The zero-order valence-corrected chi connectivity index (χ0v) is 19.5. The second kappa shape index (κ2) is 9.31. The molecule has 0 atom stereocenters. The van der Waals surface area contributed by atoms with Crippen LogP contribution in [0.2, 0.25) is 0 Å². The molecule has 1 saturated heterocycles. The van der Waals surface area contributed by atoms with Crippen molar-refractivity contribution in [1.82, 2.24) is 14.9 Å². The van der Waals surface area contributed by atoms with E-state index in [-0.39, 0.29) is 6.79 Å². The molecular weight excluding hydrogens is 420 g/mol. The van der Waals surface area contributed by atoms with Crippen molar-refractivity contribution in [2.45, 2.75) is 26.8 Å². The summed E-state index contributed by atoms with van der Waals surface area (Å²) >= 11 is 0. The highest BCUT2D eigenvalue weighted by Crippen LogP contribution is 2.42. The maximum absolute atomic E-state index is 5.64. The van der Waals surface area contributed by atoms with E-state index < -0.39 is 0 Å². The number of nitrogens with zero attached hydrogens (tertiary/aromatic N) is 4. The first-order chi connectivity index (χ1) is 16.1. The number of aryl methyl sites for hydroxylation is 1. The van der Waals surface area contributed by atoms with Gasteiger partial charge in [0.25, 0.3) is 0 Å². The summed E-state index contributed by atoms with van der Waals surface area (Å²) in [5.74, 6) is 3.84. The molecule has 0 saturated carbocycles. The van der Waals surface area contributed by atoms with Crippen LogP contribution in [-0.2, 0) is 6.54 Å². The van der Waals surface area contributed by atoms with Gasteiger partial charge in [-0.05, 0) is 56.2 Å². The molecule has 0 amide bonds. The Bertz CT molecular complexity index is 1150. The zero-order chi connectivity index (χ0) is 22.8. The van der Waals surface area contributed by atoms with Crippen LogP contribution in [0.15, 0.2) is 30.3 Å². The molecule has 0 unspecified atom stereocenters. The van der Waals surface area contributed by atoms with Gasteiger partial charge in [0.15, 0.2) is 11.5 Å². The minimum atomic E-state index is 0.242. The second-order valence-electron chi connectivity index (χ2n) is 8.37. The largest absolute Gasteiger partial charge is 0.494 e. The topological polar surface area (TPSA) is 69.2 Å². The van der Waals surface area contributed by atoms with E-state index in [0.29, 0.717) is 12.4 Å². The monoisotopic (exact) mass is 450 g/mol. The molecule has 1 fully saturated rings. The summed E-state index contributed by atoms with van der Waals surface area (Å²) in [5.41, 5.74) is 3.09. The van der Waals surface area contributed by atoms with Gasteiger partial charge in [-0.1, -0.05) is 0 Å². The van der Waals surface area contributed by atoms with Gasteiger partial charge < -0.3 is 23.8 Å². The molecule has 2 aliphatic rings. The first-order valence-corrected chi connectivity index (χ1v) is 11.5. The van der Waals surface area contributed by atoms with Crippen LogP contribution >= 0.6 is 0 Å². The first kappa shape index (κ1) is 21.6. The zero-order valence-electron chi connectivity index (χ0n) is 19.5. The van der Waals surface area contributed by atoms with E-state index in [1.165, 1.54) is 0 Å². The molecule has 0 spiro atoms. The van der Waals surface area contributed by atoms with Crippen LogP contribution in [0.5, 0.6) is 23.0 Å². The van der Waals surface area contributed by atoms with E-state index in [2.05, 4.69) is 15.9 Å². The van der Waals surface area contributed by atoms with Crippen LogP contribution < -0.4 is 23.8 Å². The van der Waals surface area contributed by atoms with Crippen LogP contribution in [0.1, 0.15) is 24.6 Å². The van der Waals surface area contributed by atoms with Gasteiger partial charge in [-0.15, -0.1) is 0 Å². The van der Waals surface area contributed by atoms with Crippen molar-refractivity contribution in [2.24, 2.45) is 0 Å². The van der Waals surface area contributed by atoms with E-state index >= 15 is 0 Å². The smallest absolute Gasteiger partial charge is 0.231 e. The lowest BCUT2D eigenvalue weighted by Gasteiger charge is -2.23. The van der Waals surface area contributed by atoms with E-state index in [4.69, 9.17) is 28.9 Å². The van der Waals surface area contributed by atoms with Crippen LogP contribution in [0, 0.1) is 6.92 Å². The van der Waals surface area contributed by atoms with Gasteiger partial charge in [0, 0.05) is 38.1 Å². The third kappa shape index (κ3) is 4.48. The molecule has 1 aromatic heterocycles. The van der Waals surface area contributed by atoms with Crippen molar-refractivity contribution in [1.29, 1.82) is 0 Å². The van der Waals surface area contributed by atoms with Gasteiger partial charge >= 0.3 is 0 Å². The summed E-state index contributed by atoms with van der Waals surface area (Å²) in [4.78, 5) is 14.5. The lowest BCUT2D eigenvalue weighted by Crippen LogP contribution is -2.31. The van der Waals surface area contributed by atoms with Crippen LogP contribution in [0.3, 0.4) is 0 Å². The molecule has 8 nitrogen and oxygen atoms in total. The average Bonchev–Trinajstić information content (AvgIpc) is 3.17. The molecule has 0 aliphatic carbocycles. The third-order valence-corrected chi connectivity index (χ3v) is 6.15. The minimum absolute atomic E-state index is 0.242. The maximum Gasteiger partial charge on any atom is 0.231 e. The molecule has 174 valence electrons. The van der Waals surface area contributed by atoms with Crippen molar-refractivity contribution in [2.75, 3.05) is 51.6 Å². The number of aromatic nitrogens is 2. The summed E-state index contributed by atoms with van der Waals surface area (Å²) in [6, 6.07) is 10.1.